The fourth-order valence-electron chi connectivity index (χ4n) is 3.47. The molecule has 1 N–H and O–H groups in total. The Morgan fingerprint density at radius 1 is 1.22 bits per heavy atom. The number of halogens is 4. The summed E-state index contributed by atoms with van der Waals surface area (Å²) in [6.07, 6.45) is -3.26. The van der Waals surface area contributed by atoms with Gasteiger partial charge in [-0.05, 0) is 55.0 Å². The second-order valence-electron chi connectivity index (χ2n) is 7.57. The maximum Gasteiger partial charge on any atom is 0.416 e. The van der Waals surface area contributed by atoms with Gasteiger partial charge in [0, 0.05) is 6.07 Å². The highest BCUT2D eigenvalue weighted by Gasteiger charge is 2.33. The van der Waals surface area contributed by atoms with E-state index in [1.165, 1.54) is 18.2 Å². The van der Waals surface area contributed by atoms with Crippen LogP contribution >= 0.6 is 11.6 Å². The molecule has 1 heterocycles. The minimum atomic E-state index is -4.77. The Hall–Kier alpha value is -4.56. The average Bonchev–Trinajstić information content (AvgIpc) is 3.28. The number of nitro groups is 1. The van der Waals surface area contributed by atoms with E-state index in [9.17, 15) is 28.5 Å². The third-order valence-electron chi connectivity index (χ3n) is 5.10. The smallest absolute Gasteiger partial charge is 0.416 e. The van der Waals surface area contributed by atoms with Crippen LogP contribution in [0.15, 0.2) is 54.6 Å². The molecule has 0 saturated heterocycles. The van der Waals surface area contributed by atoms with Crippen LogP contribution in [0.2, 0.25) is 5.02 Å². The SMILES string of the molecule is CCOc1cc(/C=C(\C#N)c2nc3ccccc3[nH]2)cc(Cl)c1Oc1ccc(C(F)(F)F)cc1[N+](=O)[O-]. The van der Waals surface area contributed by atoms with Crippen LogP contribution in [0.1, 0.15) is 23.9 Å². The summed E-state index contributed by atoms with van der Waals surface area (Å²) in [5.74, 6) is -0.189. The lowest BCUT2D eigenvalue weighted by Gasteiger charge is -2.15. The number of ether oxygens (including phenoxy) is 2. The quantitative estimate of drug-likeness (QED) is 0.152. The molecule has 37 heavy (non-hydrogen) atoms. The zero-order valence-corrected chi connectivity index (χ0v) is 19.7. The van der Waals surface area contributed by atoms with Crippen molar-refractivity contribution >= 4 is 40.0 Å². The first-order chi connectivity index (χ1) is 17.6. The predicted molar refractivity (Wildman–Crippen MR) is 130 cm³/mol. The van der Waals surface area contributed by atoms with Gasteiger partial charge in [-0.25, -0.2) is 4.98 Å². The van der Waals surface area contributed by atoms with Crippen LogP contribution in [-0.4, -0.2) is 21.5 Å². The summed E-state index contributed by atoms with van der Waals surface area (Å²) in [5.41, 5.74) is -0.0459. The molecule has 0 radical (unpaired) electrons. The van der Waals surface area contributed by atoms with E-state index in [0.29, 0.717) is 29.0 Å². The number of imidazole rings is 1. The Balaban J connectivity index is 1.75. The number of fused-ring (bicyclic) bond motifs is 1. The van der Waals surface area contributed by atoms with Crippen molar-refractivity contribution in [3.05, 3.63) is 86.7 Å². The normalized spacial score (nSPS) is 11.8. The molecule has 0 aliphatic rings. The summed E-state index contributed by atoms with van der Waals surface area (Å²) in [4.78, 5) is 17.9. The summed E-state index contributed by atoms with van der Waals surface area (Å²) in [7, 11) is 0. The highest BCUT2D eigenvalue weighted by molar-refractivity contribution is 6.32. The number of allylic oxidation sites excluding steroid dienone is 1. The molecule has 0 fully saturated rings. The van der Waals surface area contributed by atoms with Crippen LogP contribution in [-0.2, 0) is 6.18 Å². The number of hydrogen-bond acceptors (Lipinski definition) is 6. The monoisotopic (exact) mass is 528 g/mol. The van der Waals surface area contributed by atoms with Gasteiger partial charge in [-0.3, -0.25) is 10.1 Å². The van der Waals surface area contributed by atoms with Crippen molar-refractivity contribution < 1.29 is 27.6 Å². The molecule has 0 bridgehead atoms. The second-order valence-corrected chi connectivity index (χ2v) is 7.98. The maximum atomic E-state index is 13.0. The number of nitrogens with one attached hydrogen (secondary N) is 1. The fraction of sp³-hybridized carbons (Fsp3) is 0.120. The minimum absolute atomic E-state index is 0.0479. The third kappa shape index (κ3) is 5.49. The van der Waals surface area contributed by atoms with Crippen LogP contribution in [0.5, 0.6) is 17.2 Å². The van der Waals surface area contributed by atoms with Gasteiger partial charge in [0.1, 0.15) is 11.9 Å². The standard InChI is InChI=1S/C25H16ClF3N4O4/c1-2-36-22-11-14(9-15(13-30)24-31-18-5-3-4-6-19(18)32-24)10-17(26)23(22)37-21-8-7-16(25(27,28)29)12-20(21)33(34)35/h3-12H,2H2,1H3,(H,31,32)/b15-9+. The van der Waals surface area contributed by atoms with E-state index in [1.807, 2.05) is 18.2 Å². The first-order valence-electron chi connectivity index (χ1n) is 10.7. The molecule has 8 nitrogen and oxygen atoms in total. The van der Waals surface area contributed by atoms with Crippen molar-refractivity contribution in [2.24, 2.45) is 0 Å². The molecule has 0 amide bonds. The number of hydrogen-bond donors (Lipinski definition) is 1. The summed E-state index contributed by atoms with van der Waals surface area (Å²) in [5, 5.41) is 21.1. The van der Waals surface area contributed by atoms with Crippen LogP contribution in [0.25, 0.3) is 22.7 Å². The molecule has 0 saturated carbocycles. The van der Waals surface area contributed by atoms with Gasteiger partial charge >= 0.3 is 11.9 Å². The van der Waals surface area contributed by atoms with Crippen molar-refractivity contribution in [1.82, 2.24) is 9.97 Å². The van der Waals surface area contributed by atoms with E-state index in [-0.39, 0.29) is 28.7 Å². The number of nitrogens with zero attached hydrogens (tertiary/aromatic N) is 3. The van der Waals surface area contributed by atoms with E-state index < -0.39 is 28.1 Å². The Labute approximate surface area is 212 Å². The van der Waals surface area contributed by atoms with Gasteiger partial charge in [0.25, 0.3) is 0 Å². The number of nitro benzene ring substituents is 1. The average molecular weight is 529 g/mol. The number of rotatable bonds is 7. The zero-order chi connectivity index (χ0) is 26.7. The minimum Gasteiger partial charge on any atom is -0.490 e. The lowest BCUT2D eigenvalue weighted by molar-refractivity contribution is -0.385. The molecule has 4 aromatic rings. The van der Waals surface area contributed by atoms with E-state index in [4.69, 9.17) is 21.1 Å². The van der Waals surface area contributed by atoms with Crippen molar-refractivity contribution in [3.8, 4) is 23.3 Å². The summed E-state index contributed by atoms with van der Waals surface area (Å²) in [6, 6.07) is 14.1. The van der Waals surface area contributed by atoms with E-state index in [0.717, 1.165) is 11.6 Å². The number of aromatic amines is 1. The Morgan fingerprint density at radius 2 is 1.97 bits per heavy atom. The maximum absolute atomic E-state index is 13.0. The van der Waals surface area contributed by atoms with E-state index in [1.54, 1.807) is 13.0 Å². The number of aromatic nitrogens is 2. The first-order valence-corrected chi connectivity index (χ1v) is 11.0. The molecular formula is C25H16ClF3N4O4. The van der Waals surface area contributed by atoms with Gasteiger partial charge in [-0.2, -0.15) is 18.4 Å². The molecule has 188 valence electrons. The highest BCUT2D eigenvalue weighted by atomic mass is 35.5. The molecular weight excluding hydrogens is 513 g/mol. The molecule has 12 heteroatoms. The molecule has 0 aliphatic heterocycles. The van der Waals surface area contributed by atoms with Crippen LogP contribution < -0.4 is 9.47 Å². The summed E-state index contributed by atoms with van der Waals surface area (Å²) in [6.45, 7) is 1.83. The number of benzene rings is 3. The molecule has 0 unspecified atom stereocenters. The van der Waals surface area contributed by atoms with Crippen molar-refractivity contribution in [1.29, 1.82) is 5.26 Å². The van der Waals surface area contributed by atoms with Crippen molar-refractivity contribution in [2.75, 3.05) is 6.61 Å². The van der Waals surface area contributed by atoms with E-state index in [2.05, 4.69) is 16.0 Å². The van der Waals surface area contributed by atoms with Gasteiger partial charge in [0.05, 0.1) is 38.7 Å². The van der Waals surface area contributed by atoms with Gasteiger partial charge < -0.3 is 14.5 Å². The van der Waals surface area contributed by atoms with Gasteiger partial charge in [0.15, 0.2) is 11.5 Å². The Kier molecular flexibility index (Phi) is 7.04. The Bertz CT molecular complexity index is 1540. The van der Waals surface area contributed by atoms with Gasteiger partial charge in [0.2, 0.25) is 5.75 Å². The molecule has 4 rings (SSSR count). The number of H-pyrrole nitrogens is 1. The highest BCUT2D eigenvalue weighted by Crippen LogP contribution is 2.44. The molecule has 0 atom stereocenters. The van der Waals surface area contributed by atoms with Gasteiger partial charge in [-0.15, -0.1) is 0 Å². The fourth-order valence-corrected chi connectivity index (χ4v) is 3.72. The molecule has 0 spiro atoms. The number of alkyl halides is 3. The predicted octanol–water partition coefficient (Wildman–Crippen LogP) is 7.40. The number of nitriles is 1. The molecule has 0 aliphatic carbocycles. The summed E-state index contributed by atoms with van der Waals surface area (Å²) < 4.78 is 50.3. The lowest BCUT2D eigenvalue weighted by atomic mass is 10.1. The zero-order valence-electron chi connectivity index (χ0n) is 19.0. The molecule has 3 aromatic carbocycles. The summed E-state index contributed by atoms with van der Waals surface area (Å²) >= 11 is 6.40. The van der Waals surface area contributed by atoms with E-state index >= 15 is 0 Å². The first kappa shape index (κ1) is 25.5. The second kappa shape index (κ2) is 10.2. The third-order valence-corrected chi connectivity index (χ3v) is 5.38. The Morgan fingerprint density at radius 3 is 2.62 bits per heavy atom. The molecule has 1 aromatic heterocycles. The lowest BCUT2D eigenvalue weighted by Crippen LogP contribution is -2.06. The van der Waals surface area contributed by atoms with Crippen LogP contribution in [0, 0.1) is 21.4 Å². The topological polar surface area (TPSA) is 114 Å². The largest absolute Gasteiger partial charge is 0.490 e. The van der Waals surface area contributed by atoms with Crippen molar-refractivity contribution in [2.45, 2.75) is 13.1 Å². The number of para-hydroxylation sites is 2. The van der Waals surface area contributed by atoms with Crippen molar-refractivity contribution in [3.63, 3.8) is 0 Å². The van der Waals surface area contributed by atoms with Crippen LogP contribution in [0.4, 0.5) is 18.9 Å². The van der Waals surface area contributed by atoms with Crippen LogP contribution in [0.3, 0.4) is 0 Å². The van der Waals surface area contributed by atoms with Gasteiger partial charge in [-0.1, -0.05) is 23.7 Å².